The zero-order valence-corrected chi connectivity index (χ0v) is 10.2. The maximum atomic E-state index is 10.8. The third-order valence-electron chi connectivity index (χ3n) is 3.05. The van der Waals surface area contributed by atoms with E-state index in [1.165, 1.54) is 0 Å². The lowest BCUT2D eigenvalue weighted by Crippen LogP contribution is -2.54. The van der Waals surface area contributed by atoms with Crippen molar-refractivity contribution in [3.05, 3.63) is 0 Å². The minimum absolute atomic E-state index is 0.0997. The van der Waals surface area contributed by atoms with Crippen molar-refractivity contribution in [2.24, 2.45) is 16.3 Å². The highest BCUT2D eigenvalue weighted by molar-refractivity contribution is 5.79. The van der Waals surface area contributed by atoms with Gasteiger partial charge in [0.2, 0.25) is 0 Å². The van der Waals surface area contributed by atoms with Crippen molar-refractivity contribution in [1.29, 1.82) is 0 Å². The van der Waals surface area contributed by atoms with E-state index in [4.69, 9.17) is 16.0 Å². The van der Waals surface area contributed by atoms with Crippen LogP contribution in [0, 0.1) is 5.41 Å². The van der Waals surface area contributed by atoms with Gasteiger partial charge in [-0.25, -0.2) is 4.79 Å². The molecular formula is C10H21N3O3. The summed E-state index contributed by atoms with van der Waals surface area (Å²) in [6.07, 6.45) is -0.264. The number of nitrogens with zero attached hydrogens (tertiary/aromatic N) is 1. The zero-order valence-electron chi connectivity index (χ0n) is 10.2. The van der Waals surface area contributed by atoms with E-state index in [1.807, 2.05) is 27.7 Å². The van der Waals surface area contributed by atoms with Gasteiger partial charge in [-0.2, -0.15) is 0 Å². The van der Waals surface area contributed by atoms with Crippen LogP contribution in [0.15, 0.2) is 5.16 Å². The van der Waals surface area contributed by atoms with Gasteiger partial charge in [-0.05, 0) is 18.8 Å². The minimum atomic E-state index is -1.07. The molecule has 0 bridgehead atoms. The first kappa shape index (κ1) is 14.5. The van der Waals surface area contributed by atoms with Gasteiger partial charge in [0, 0.05) is 12.0 Å². The molecule has 1 amide bonds. The first-order valence-electron chi connectivity index (χ1n) is 5.10. The number of amidine groups is 1. The minimum Gasteiger partial charge on any atom is -0.465 e. The number of carboxylic acid groups (broad SMARTS) is 1. The van der Waals surface area contributed by atoms with Gasteiger partial charge in [0.15, 0.2) is 0 Å². The molecule has 1 unspecified atom stereocenters. The Morgan fingerprint density at radius 2 is 1.88 bits per heavy atom. The predicted octanol–water partition coefficient (Wildman–Crippen LogP) is 1.59. The highest BCUT2D eigenvalue weighted by atomic mass is 16.4. The van der Waals surface area contributed by atoms with E-state index >= 15 is 0 Å². The molecule has 0 aliphatic carbocycles. The highest BCUT2D eigenvalue weighted by Gasteiger charge is 2.38. The molecule has 0 aliphatic rings. The molecule has 0 saturated heterocycles. The molecule has 0 spiro atoms. The van der Waals surface area contributed by atoms with Crippen molar-refractivity contribution < 1.29 is 15.1 Å². The number of hydrogen-bond acceptors (Lipinski definition) is 3. The molecule has 5 N–H and O–H groups in total. The predicted molar refractivity (Wildman–Crippen MR) is 61.7 cm³/mol. The quantitative estimate of drug-likeness (QED) is 0.255. The summed E-state index contributed by atoms with van der Waals surface area (Å²) >= 11 is 0. The van der Waals surface area contributed by atoms with Crippen LogP contribution in [0.3, 0.4) is 0 Å². The Morgan fingerprint density at radius 3 is 2.19 bits per heavy atom. The maximum absolute atomic E-state index is 10.8. The Hall–Kier alpha value is -1.46. The monoisotopic (exact) mass is 231 g/mol. The summed E-state index contributed by atoms with van der Waals surface area (Å²) in [5, 5.41) is 22.6. The zero-order chi connectivity index (χ0) is 13.0. The number of nitrogens with one attached hydrogen (secondary N) is 1. The van der Waals surface area contributed by atoms with Gasteiger partial charge in [-0.15, -0.1) is 0 Å². The summed E-state index contributed by atoms with van der Waals surface area (Å²) in [4.78, 5) is 10.8. The molecular weight excluding hydrogens is 210 g/mol. The second-order valence-electron chi connectivity index (χ2n) is 5.10. The topological polar surface area (TPSA) is 108 Å². The van der Waals surface area contributed by atoms with Gasteiger partial charge in [0.25, 0.3) is 0 Å². The summed E-state index contributed by atoms with van der Waals surface area (Å²) in [6, 6.07) is 0. The van der Waals surface area contributed by atoms with Crippen LogP contribution in [-0.2, 0) is 0 Å². The molecule has 0 heterocycles. The largest absolute Gasteiger partial charge is 0.465 e. The van der Waals surface area contributed by atoms with Crippen molar-refractivity contribution in [1.82, 2.24) is 5.32 Å². The molecule has 0 aromatic rings. The second-order valence-corrected chi connectivity index (χ2v) is 5.10. The summed E-state index contributed by atoms with van der Waals surface area (Å²) in [7, 11) is 0. The summed E-state index contributed by atoms with van der Waals surface area (Å²) < 4.78 is 0. The van der Waals surface area contributed by atoms with Gasteiger partial charge < -0.3 is 21.4 Å². The fourth-order valence-corrected chi connectivity index (χ4v) is 1.29. The molecule has 0 rings (SSSR count). The summed E-state index contributed by atoms with van der Waals surface area (Å²) in [5.74, 6) is 0.0997. The van der Waals surface area contributed by atoms with E-state index in [9.17, 15) is 4.79 Å². The van der Waals surface area contributed by atoms with Crippen LogP contribution in [0.2, 0.25) is 0 Å². The Labute approximate surface area is 95.5 Å². The number of nitrogens with two attached hydrogens (primary N) is 1. The van der Waals surface area contributed by atoms with Gasteiger partial charge in [-0.1, -0.05) is 25.9 Å². The maximum Gasteiger partial charge on any atom is 0.405 e. The lowest BCUT2D eigenvalue weighted by atomic mass is 9.72. The molecule has 0 aromatic heterocycles. The van der Waals surface area contributed by atoms with Gasteiger partial charge in [-0.3, -0.25) is 0 Å². The number of oxime groups is 1. The van der Waals surface area contributed by atoms with E-state index in [-0.39, 0.29) is 11.3 Å². The van der Waals surface area contributed by atoms with Crippen molar-refractivity contribution in [3.63, 3.8) is 0 Å². The fraction of sp³-hybridized carbons (Fsp3) is 0.800. The van der Waals surface area contributed by atoms with Crippen molar-refractivity contribution >= 4 is 11.9 Å². The van der Waals surface area contributed by atoms with Crippen LogP contribution < -0.4 is 11.1 Å². The molecule has 0 fully saturated rings. The first-order chi connectivity index (χ1) is 7.12. The molecule has 0 aliphatic heterocycles. The lowest BCUT2D eigenvalue weighted by molar-refractivity contribution is 0.125. The van der Waals surface area contributed by atoms with E-state index in [0.29, 0.717) is 12.8 Å². The summed E-state index contributed by atoms with van der Waals surface area (Å²) in [6.45, 7) is 7.63. The lowest BCUT2D eigenvalue weighted by Gasteiger charge is -2.41. The van der Waals surface area contributed by atoms with E-state index in [2.05, 4.69) is 10.5 Å². The molecule has 94 valence electrons. The van der Waals surface area contributed by atoms with Crippen molar-refractivity contribution in [2.45, 2.75) is 46.1 Å². The summed E-state index contributed by atoms with van der Waals surface area (Å²) in [5.41, 5.74) is 4.49. The van der Waals surface area contributed by atoms with Crippen LogP contribution in [0.5, 0.6) is 0 Å². The number of rotatable bonds is 4. The van der Waals surface area contributed by atoms with Crippen molar-refractivity contribution in [3.8, 4) is 0 Å². The SMILES string of the molecule is CC(C)(C)C(C)(CCC(N)=NO)NC(=O)O. The fourth-order valence-electron chi connectivity index (χ4n) is 1.29. The van der Waals surface area contributed by atoms with E-state index < -0.39 is 11.6 Å². The Balaban J connectivity index is 4.75. The smallest absolute Gasteiger partial charge is 0.405 e. The van der Waals surface area contributed by atoms with Crippen LogP contribution in [0.25, 0.3) is 0 Å². The highest BCUT2D eigenvalue weighted by Crippen LogP contribution is 2.33. The molecule has 6 heteroatoms. The standard InChI is InChI=1S/C10H21N3O3/c1-9(2,3)10(4,12-8(14)15)6-5-7(11)13-16/h12,16H,5-6H2,1-4H3,(H2,11,13)(H,14,15). The number of hydrogen-bond donors (Lipinski definition) is 4. The van der Waals surface area contributed by atoms with Crippen LogP contribution in [0.4, 0.5) is 4.79 Å². The molecule has 0 radical (unpaired) electrons. The van der Waals surface area contributed by atoms with Crippen molar-refractivity contribution in [2.75, 3.05) is 0 Å². The van der Waals surface area contributed by atoms with Gasteiger partial charge in [0.05, 0.1) is 0 Å². The normalized spacial score (nSPS) is 16.6. The average Bonchev–Trinajstić information content (AvgIpc) is 2.11. The Bertz CT molecular complexity index is 284. The molecule has 1 atom stereocenters. The average molecular weight is 231 g/mol. The third-order valence-corrected chi connectivity index (χ3v) is 3.05. The molecule has 6 nitrogen and oxygen atoms in total. The Morgan fingerprint density at radius 1 is 1.38 bits per heavy atom. The third kappa shape index (κ3) is 3.96. The van der Waals surface area contributed by atoms with E-state index in [1.54, 1.807) is 0 Å². The molecule has 0 saturated carbocycles. The van der Waals surface area contributed by atoms with Crippen LogP contribution in [0.1, 0.15) is 40.5 Å². The molecule has 16 heavy (non-hydrogen) atoms. The Kier molecular flexibility index (Phi) is 4.59. The van der Waals surface area contributed by atoms with Gasteiger partial charge >= 0.3 is 6.09 Å². The molecule has 0 aromatic carbocycles. The van der Waals surface area contributed by atoms with Crippen LogP contribution in [-0.4, -0.2) is 27.8 Å². The van der Waals surface area contributed by atoms with Crippen LogP contribution >= 0.6 is 0 Å². The first-order valence-corrected chi connectivity index (χ1v) is 5.10. The second kappa shape index (κ2) is 5.05. The number of amides is 1. The van der Waals surface area contributed by atoms with E-state index in [0.717, 1.165) is 0 Å². The van der Waals surface area contributed by atoms with Gasteiger partial charge in [0.1, 0.15) is 5.84 Å². The number of carbonyl (C=O) groups is 1.